The zero-order valence-electron chi connectivity index (χ0n) is 17.4. The number of aryl methyl sites for hydroxylation is 1. The van der Waals surface area contributed by atoms with Gasteiger partial charge in [-0.15, -0.1) is 0 Å². The molecule has 158 valence electrons. The van der Waals surface area contributed by atoms with E-state index in [4.69, 9.17) is 14.3 Å². The molecule has 30 heavy (non-hydrogen) atoms. The van der Waals surface area contributed by atoms with Crippen LogP contribution in [0.4, 0.5) is 0 Å². The van der Waals surface area contributed by atoms with Crippen molar-refractivity contribution < 1.29 is 14.3 Å². The normalized spacial score (nSPS) is 11.2. The van der Waals surface area contributed by atoms with Gasteiger partial charge in [-0.1, -0.05) is 105 Å². The third-order valence-corrected chi connectivity index (χ3v) is 5.86. The van der Waals surface area contributed by atoms with E-state index in [1.807, 2.05) is 18.2 Å². The molecule has 0 atom stereocenters. The van der Waals surface area contributed by atoms with E-state index in [0.717, 1.165) is 18.4 Å². The van der Waals surface area contributed by atoms with Crippen LogP contribution in [-0.4, -0.2) is 9.79 Å². The largest absolute Gasteiger partial charge is 0.427 e. The lowest BCUT2D eigenvalue weighted by Gasteiger charge is -2.18. The second-order valence-corrected chi connectivity index (χ2v) is 8.32. The number of para-hydroxylation sites is 1. The molecule has 0 aromatic heterocycles. The summed E-state index contributed by atoms with van der Waals surface area (Å²) >= 11 is 0. The first-order valence-electron chi connectivity index (χ1n) is 10.8. The number of hydrogen-bond donors (Lipinski definition) is 2. The van der Waals surface area contributed by atoms with Crippen LogP contribution in [0.5, 0.6) is 5.75 Å². The number of rotatable bonds is 12. The van der Waals surface area contributed by atoms with Gasteiger partial charge in [0.1, 0.15) is 5.75 Å². The average Bonchev–Trinajstić information content (AvgIpc) is 2.77. The van der Waals surface area contributed by atoms with Crippen LogP contribution in [0.25, 0.3) is 0 Å². The fourth-order valence-electron chi connectivity index (χ4n) is 3.98. The van der Waals surface area contributed by atoms with Crippen molar-refractivity contribution in [3.05, 3.63) is 102 Å². The Morgan fingerprint density at radius 3 is 1.80 bits per heavy atom. The number of hydrogen-bond acceptors (Lipinski definition) is 3. The van der Waals surface area contributed by atoms with E-state index in [1.165, 1.54) is 43.2 Å². The molecule has 0 aliphatic heterocycles. The molecule has 0 bridgehead atoms. The summed E-state index contributed by atoms with van der Waals surface area (Å²) in [4.78, 5) is 18.2. The van der Waals surface area contributed by atoms with Crippen LogP contribution in [0.1, 0.15) is 61.1 Å². The highest BCUT2D eigenvalue weighted by Gasteiger charge is 2.13. The van der Waals surface area contributed by atoms with Gasteiger partial charge in [0, 0.05) is 5.92 Å². The van der Waals surface area contributed by atoms with Crippen molar-refractivity contribution in [2.75, 3.05) is 0 Å². The third kappa shape index (κ3) is 7.25. The van der Waals surface area contributed by atoms with Crippen molar-refractivity contribution in [2.45, 2.75) is 50.9 Å². The van der Waals surface area contributed by atoms with E-state index in [2.05, 4.69) is 60.7 Å². The summed E-state index contributed by atoms with van der Waals surface area (Å²) in [6.07, 6.45) is 7.97. The molecule has 0 aliphatic rings. The zero-order chi connectivity index (χ0) is 21.0. The molecule has 0 radical (unpaired) electrons. The molecule has 3 nitrogen and oxygen atoms in total. The Balaban J connectivity index is 1.42. The lowest BCUT2D eigenvalue weighted by atomic mass is 9.87. The van der Waals surface area contributed by atoms with Gasteiger partial charge in [0.05, 0.1) is 0 Å². The molecular weight excluding hydrogens is 391 g/mol. The minimum Gasteiger partial charge on any atom is -0.427 e. The summed E-state index contributed by atoms with van der Waals surface area (Å²) in [6.45, 7) is 0. The zero-order valence-corrected chi connectivity index (χ0v) is 18.3. The molecule has 0 fully saturated rings. The van der Waals surface area contributed by atoms with Crippen molar-refractivity contribution in [2.24, 2.45) is 0 Å². The van der Waals surface area contributed by atoms with Crippen molar-refractivity contribution in [3.63, 3.8) is 0 Å². The molecule has 0 heterocycles. The second-order valence-electron chi connectivity index (χ2n) is 7.63. The van der Waals surface area contributed by atoms with Crippen molar-refractivity contribution >= 4 is 8.60 Å². The molecule has 2 N–H and O–H groups in total. The minimum absolute atomic E-state index is 0.461. The summed E-state index contributed by atoms with van der Waals surface area (Å²) in [7, 11) is -2.36. The Bertz CT molecular complexity index is 813. The van der Waals surface area contributed by atoms with Crippen LogP contribution in [0.15, 0.2) is 84.9 Å². The van der Waals surface area contributed by atoms with Crippen LogP contribution in [-0.2, 0) is 6.42 Å². The Labute approximate surface area is 181 Å². The maximum Gasteiger partial charge on any atom is 0.391 e. The summed E-state index contributed by atoms with van der Waals surface area (Å²) in [5.74, 6) is 1.05. The summed E-state index contributed by atoms with van der Waals surface area (Å²) in [5, 5.41) is 0. The molecule has 0 amide bonds. The molecule has 3 aromatic rings. The Morgan fingerprint density at radius 2 is 1.17 bits per heavy atom. The first-order chi connectivity index (χ1) is 14.7. The van der Waals surface area contributed by atoms with Crippen LogP contribution >= 0.6 is 8.60 Å². The highest BCUT2D eigenvalue weighted by Crippen LogP contribution is 2.32. The van der Waals surface area contributed by atoms with Crippen molar-refractivity contribution in [1.29, 1.82) is 0 Å². The Kier molecular flexibility index (Phi) is 9.37. The highest BCUT2D eigenvalue weighted by atomic mass is 31.2. The van der Waals surface area contributed by atoms with E-state index >= 15 is 0 Å². The summed E-state index contributed by atoms with van der Waals surface area (Å²) in [5.41, 5.74) is 3.84. The lowest BCUT2D eigenvalue weighted by molar-refractivity contribution is 0.373. The maximum atomic E-state index is 9.11. The predicted octanol–water partition coefficient (Wildman–Crippen LogP) is 6.99. The van der Waals surface area contributed by atoms with E-state index in [-0.39, 0.29) is 0 Å². The first-order valence-corrected chi connectivity index (χ1v) is 11.9. The van der Waals surface area contributed by atoms with Gasteiger partial charge in [-0.05, 0) is 42.0 Å². The lowest BCUT2D eigenvalue weighted by Crippen LogP contribution is -2.01. The van der Waals surface area contributed by atoms with Crippen LogP contribution in [0.3, 0.4) is 0 Å². The van der Waals surface area contributed by atoms with Crippen LogP contribution in [0.2, 0.25) is 0 Å². The molecule has 0 aliphatic carbocycles. The smallest absolute Gasteiger partial charge is 0.391 e. The third-order valence-electron chi connectivity index (χ3n) is 5.50. The van der Waals surface area contributed by atoms with E-state index in [1.54, 1.807) is 6.07 Å². The molecule has 0 saturated heterocycles. The van der Waals surface area contributed by atoms with Crippen LogP contribution in [0, 0.1) is 0 Å². The molecular formula is C26H31O3P. The van der Waals surface area contributed by atoms with Crippen molar-refractivity contribution in [3.8, 4) is 5.75 Å². The van der Waals surface area contributed by atoms with Gasteiger partial charge in [0.25, 0.3) is 0 Å². The molecule has 3 rings (SSSR count). The van der Waals surface area contributed by atoms with Gasteiger partial charge >= 0.3 is 8.60 Å². The first kappa shape index (κ1) is 22.5. The number of benzene rings is 3. The number of unbranched alkanes of at least 4 members (excludes halogenated alkanes) is 4. The van der Waals surface area contributed by atoms with Gasteiger partial charge in [-0.3, -0.25) is 0 Å². The standard InChI is InChI=1S/C26H31O3P/c27-30(28)29-26-21-13-12-19-24(26)18-6-2-1-3-11-20-25(22-14-7-4-8-15-22)23-16-9-5-10-17-23/h4-5,7-10,12-17,19,21,25,27-28H,1-3,6,11,18,20H2. The Hall–Kier alpha value is -2.19. The SMILES string of the molecule is OP(O)Oc1ccccc1CCCCCCCC(c1ccccc1)c1ccccc1. The van der Waals surface area contributed by atoms with Gasteiger partial charge in [-0.2, -0.15) is 0 Å². The summed E-state index contributed by atoms with van der Waals surface area (Å²) < 4.78 is 5.13. The maximum absolute atomic E-state index is 9.11. The molecule has 0 spiro atoms. The van der Waals surface area contributed by atoms with Crippen LogP contribution < -0.4 is 4.52 Å². The van der Waals surface area contributed by atoms with E-state index in [9.17, 15) is 0 Å². The fourth-order valence-corrected chi connectivity index (χ4v) is 4.33. The average molecular weight is 423 g/mol. The van der Waals surface area contributed by atoms with E-state index in [0.29, 0.717) is 11.7 Å². The van der Waals surface area contributed by atoms with E-state index < -0.39 is 8.60 Å². The second kappa shape index (κ2) is 12.5. The minimum atomic E-state index is -2.36. The molecule has 0 saturated carbocycles. The molecule has 0 unspecified atom stereocenters. The summed E-state index contributed by atoms with van der Waals surface area (Å²) in [6, 6.07) is 29.2. The molecule has 3 aromatic carbocycles. The van der Waals surface area contributed by atoms with Gasteiger partial charge in [0.15, 0.2) is 0 Å². The topological polar surface area (TPSA) is 49.7 Å². The predicted molar refractivity (Wildman–Crippen MR) is 125 cm³/mol. The quantitative estimate of drug-likeness (QED) is 0.244. The fraction of sp³-hybridized carbons (Fsp3) is 0.308. The monoisotopic (exact) mass is 422 g/mol. The highest BCUT2D eigenvalue weighted by molar-refractivity contribution is 7.39. The van der Waals surface area contributed by atoms with Gasteiger partial charge in [-0.25, -0.2) is 0 Å². The Morgan fingerprint density at radius 1 is 0.633 bits per heavy atom. The molecule has 4 heteroatoms. The van der Waals surface area contributed by atoms with Gasteiger partial charge in [0.2, 0.25) is 0 Å². The van der Waals surface area contributed by atoms with Crippen molar-refractivity contribution in [1.82, 2.24) is 0 Å². The van der Waals surface area contributed by atoms with Gasteiger partial charge < -0.3 is 14.3 Å².